The average molecular weight is 271 g/mol. The number of hydrogen-bond acceptors (Lipinski definition) is 2. The molecule has 3 nitrogen and oxygen atoms in total. The van der Waals surface area contributed by atoms with E-state index < -0.39 is 0 Å². The molecule has 2 rings (SSSR count). The maximum atomic E-state index is 11.8. The third-order valence-corrected chi connectivity index (χ3v) is 3.69. The number of rotatable bonds is 4. The lowest BCUT2D eigenvalue weighted by molar-refractivity contribution is -0.128. The van der Waals surface area contributed by atoms with Crippen molar-refractivity contribution < 1.29 is 9.59 Å². The Balaban J connectivity index is 1.76. The Morgan fingerprint density at radius 2 is 1.80 bits per heavy atom. The van der Waals surface area contributed by atoms with Crippen LogP contribution in [-0.4, -0.2) is 11.8 Å². The van der Waals surface area contributed by atoms with Crippen LogP contribution in [0.1, 0.15) is 44.1 Å². The molecule has 1 aromatic rings. The summed E-state index contributed by atoms with van der Waals surface area (Å²) in [5, 5.41) is 2.43. The van der Waals surface area contributed by atoms with Gasteiger partial charge < -0.3 is 0 Å². The second-order valence-corrected chi connectivity index (χ2v) is 5.36. The molecule has 106 valence electrons. The van der Waals surface area contributed by atoms with Crippen molar-refractivity contribution in [2.24, 2.45) is 5.92 Å². The summed E-state index contributed by atoms with van der Waals surface area (Å²) in [6, 6.07) is 9.56. The Labute approximate surface area is 120 Å². The first kappa shape index (κ1) is 14.5. The van der Waals surface area contributed by atoms with E-state index in [2.05, 4.69) is 5.32 Å². The second-order valence-electron chi connectivity index (χ2n) is 5.36. The van der Waals surface area contributed by atoms with Crippen molar-refractivity contribution in [3.05, 3.63) is 42.0 Å². The highest BCUT2D eigenvalue weighted by Gasteiger charge is 2.17. The molecule has 0 atom stereocenters. The lowest BCUT2D eigenvalue weighted by Gasteiger charge is -2.20. The van der Waals surface area contributed by atoms with Crippen molar-refractivity contribution in [1.82, 2.24) is 5.32 Å². The molecule has 0 radical (unpaired) electrons. The van der Waals surface area contributed by atoms with Crippen LogP contribution in [0.3, 0.4) is 0 Å². The minimum absolute atomic E-state index is 0.153. The molecule has 1 aliphatic carbocycles. The van der Waals surface area contributed by atoms with E-state index >= 15 is 0 Å². The highest BCUT2D eigenvalue weighted by molar-refractivity contribution is 6.02. The van der Waals surface area contributed by atoms with E-state index in [1.807, 2.05) is 30.3 Å². The normalized spacial score (nSPS) is 16.2. The molecule has 1 saturated carbocycles. The van der Waals surface area contributed by atoms with E-state index in [0.717, 1.165) is 18.4 Å². The standard InChI is InChI=1S/C17H21NO2/c19-16(12-11-14-7-3-1-4-8-14)18-17(20)13-15-9-5-2-6-10-15/h1,3-4,7-8,11-12,15H,2,5-6,9-10,13H2,(H,18,19,20). The van der Waals surface area contributed by atoms with Gasteiger partial charge in [-0.05, 0) is 30.4 Å². The minimum Gasteiger partial charge on any atom is -0.293 e. The first-order valence-corrected chi connectivity index (χ1v) is 7.31. The van der Waals surface area contributed by atoms with E-state index in [-0.39, 0.29) is 11.8 Å². The third kappa shape index (κ3) is 5.00. The van der Waals surface area contributed by atoms with E-state index in [1.54, 1.807) is 6.08 Å². The predicted octanol–water partition coefficient (Wildman–Crippen LogP) is 3.31. The summed E-state index contributed by atoms with van der Waals surface area (Å²) in [6.45, 7) is 0. The molecule has 1 aromatic carbocycles. The topological polar surface area (TPSA) is 46.2 Å². The molecule has 0 aliphatic heterocycles. The summed E-state index contributed by atoms with van der Waals surface area (Å²) in [6.07, 6.45) is 9.52. The Kier molecular flexibility index (Phi) is 5.54. The zero-order chi connectivity index (χ0) is 14.2. The fourth-order valence-electron chi connectivity index (χ4n) is 2.62. The quantitative estimate of drug-likeness (QED) is 0.854. The number of amides is 2. The van der Waals surface area contributed by atoms with Crippen LogP contribution in [0.15, 0.2) is 36.4 Å². The molecule has 3 heteroatoms. The molecule has 20 heavy (non-hydrogen) atoms. The van der Waals surface area contributed by atoms with Crippen molar-refractivity contribution in [1.29, 1.82) is 0 Å². The van der Waals surface area contributed by atoms with Gasteiger partial charge in [-0.25, -0.2) is 0 Å². The molecule has 1 N–H and O–H groups in total. The van der Waals surface area contributed by atoms with Crippen LogP contribution < -0.4 is 5.32 Å². The summed E-state index contributed by atoms with van der Waals surface area (Å²) in [7, 11) is 0. The summed E-state index contributed by atoms with van der Waals surface area (Å²) in [4.78, 5) is 23.4. The number of hydrogen-bond donors (Lipinski definition) is 1. The Morgan fingerprint density at radius 3 is 2.50 bits per heavy atom. The number of nitrogens with one attached hydrogen (secondary N) is 1. The first-order valence-electron chi connectivity index (χ1n) is 7.31. The Bertz CT molecular complexity index is 473. The third-order valence-electron chi connectivity index (χ3n) is 3.69. The molecule has 0 saturated heterocycles. The molecule has 1 fully saturated rings. The van der Waals surface area contributed by atoms with Gasteiger partial charge in [-0.1, -0.05) is 49.6 Å². The van der Waals surface area contributed by atoms with Crippen LogP contribution in [0.25, 0.3) is 6.08 Å². The second kappa shape index (κ2) is 7.63. The van der Waals surface area contributed by atoms with E-state index in [4.69, 9.17) is 0 Å². The van der Waals surface area contributed by atoms with Gasteiger partial charge in [0.25, 0.3) is 5.91 Å². The predicted molar refractivity (Wildman–Crippen MR) is 79.8 cm³/mol. The largest absolute Gasteiger partial charge is 0.293 e. The highest BCUT2D eigenvalue weighted by Crippen LogP contribution is 2.25. The number of carbonyl (C=O) groups excluding carboxylic acids is 2. The number of benzene rings is 1. The molecule has 0 bridgehead atoms. The summed E-state index contributed by atoms with van der Waals surface area (Å²) in [5.41, 5.74) is 0.947. The van der Waals surface area contributed by atoms with Gasteiger partial charge >= 0.3 is 0 Å². The first-order chi connectivity index (χ1) is 9.74. The Hall–Kier alpha value is -1.90. The van der Waals surface area contributed by atoms with Gasteiger partial charge in [0, 0.05) is 12.5 Å². The SMILES string of the molecule is O=C(C=Cc1ccccc1)NC(=O)CC1CCCCC1. The van der Waals surface area contributed by atoms with Gasteiger partial charge in [0.2, 0.25) is 5.91 Å². The molecule has 2 amide bonds. The van der Waals surface area contributed by atoms with E-state index in [0.29, 0.717) is 12.3 Å². The van der Waals surface area contributed by atoms with Gasteiger partial charge in [-0.2, -0.15) is 0 Å². The van der Waals surface area contributed by atoms with Crippen molar-refractivity contribution in [2.75, 3.05) is 0 Å². The van der Waals surface area contributed by atoms with Gasteiger partial charge in [-0.3, -0.25) is 14.9 Å². The lowest BCUT2D eigenvalue weighted by Crippen LogP contribution is -2.30. The maximum Gasteiger partial charge on any atom is 0.250 e. The van der Waals surface area contributed by atoms with Gasteiger partial charge in [0.15, 0.2) is 0 Å². The molecular formula is C17H21NO2. The zero-order valence-electron chi connectivity index (χ0n) is 11.7. The van der Waals surface area contributed by atoms with Crippen molar-refractivity contribution in [3.8, 4) is 0 Å². The molecule has 1 aliphatic rings. The fraction of sp³-hybridized carbons (Fsp3) is 0.412. The lowest BCUT2D eigenvalue weighted by atomic mass is 9.87. The van der Waals surface area contributed by atoms with Crippen LogP contribution >= 0.6 is 0 Å². The van der Waals surface area contributed by atoms with Crippen LogP contribution in [-0.2, 0) is 9.59 Å². The van der Waals surface area contributed by atoms with Crippen LogP contribution in [0.2, 0.25) is 0 Å². The van der Waals surface area contributed by atoms with Crippen LogP contribution in [0.5, 0.6) is 0 Å². The monoisotopic (exact) mass is 271 g/mol. The molecular weight excluding hydrogens is 250 g/mol. The smallest absolute Gasteiger partial charge is 0.250 e. The van der Waals surface area contributed by atoms with Gasteiger partial charge in [-0.15, -0.1) is 0 Å². The summed E-state index contributed by atoms with van der Waals surface area (Å²) in [5.74, 6) is -0.0380. The van der Waals surface area contributed by atoms with Crippen molar-refractivity contribution >= 4 is 17.9 Å². The highest BCUT2D eigenvalue weighted by atomic mass is 16.2. The fourth-order valence-corrected chi connectivity index (χ4v) is 2.62. The van der Waals surface area contributed by atoms with Crippen molar-refractivity contribution in [2.45, 2.75) is 38.5 Å². The van der Waals surface area contributed by atoms with Gasteiger partial charge in [0.05, 0.1) is 0 Å². The molecule has 0 unspecified atom stereocenters. The molecule has 0 spiro atoms. The summed E-state index contributed by atoms with van der Waals surface area (Å²) >= 11 is 0. The van der Waals surface area contributed by atoms with Crippen LogP contribution in [0.4, 0.5) is 0 Å². The maximum absolute atomic E-state index is 11.8. The Morgan fingerprint density at radius 1 is 1.10 bits per heavy atom. The molecule has 0 aromatic heterocycles. The minimum atomic E-state index is -0.338. The zero-order valence-corrected chi connectivity index (χ0v) is 11.7. The molecule has 0 heterocycles. The van der Waals surface area contributed by atoms with Crippen molar-refractivity contribution in [3.63, 3.8) is 0 Å². The van der Waals surface area contributed by atoms with E-state index in [1.165, 1.54) is 25.3 Å². The number of imide groups is 1. The summed E-state index contributed by atoms with van der Waals surface area (Å²) < 4.78 is 0. The van der Waals surface area contributed by atoms with Gasteiger partial charge in [0.1, 0.15) is 0 Å². The van der Waals surface area contributed by atoms with E-state index in [9.17, 15) is 9.59 Å². The number of carbonyl (C=O) groups is 2. The average Bonchev–Trinajstić information content (AvgIpc) is 2.47. The van der Waals surface area contributed by atoms with Crippen LogP contribution in [0, 0.1) is 5.92 Å².